The molecule has 9 heteroatoms. The molecule has 0 bridgehead atoms. The fourth-order valence-corrected chi connectivity index (χ4v) is 8.98. The quantitative estimate of drug-likeness (QED) is 0.0243. The molecule has 0 rings (SSSR count). The van der Waals surface area contributed by atoms with Gasteiger partial charge >= 0.3 is 7.82 Å². The van der Waals surface area contributed by atoms with Crippen molar-refractivity contribution in [3.8, 4) is 0 Å². The number of aliphatic hydroxyl groups excluding tert-OH is 1. The molecule has 3 unspecified atom stereocenters. The summed E-state index contributed by atoms with van der Waals surface area (Å²) in [6, 6.07) is -0.874. The Morgan fingerprint density at radius 2 is 0.821 bits per heavy atom. The summed E-state index contributed by atoms with van der Waals surface area (Å²) in [5.74, 6) is -0.200. The Kier molecular flexibility index (Phi) is 48.3. The molecular formula is C58H112N2O6P+. The van der Waals surface area contributed by atoms with Gasteiger partial charge < -0.3 is 19.8 Å². The minimum Gasteiger partial charge on any atom is -0.387 e. The van der Waals surface area contributed by atoms with Gasteiger partial charge in [-0.2, -0.15) is 0 Å². The zero-order valence-corrected chi connectivity index (χ0v) is 45.8. The van der Waals surface area contributed by atoms with Crippen LogP contribution in [0.1, 0.15) is 264 Å². The Hall–Kier alpha value is -1.54. The summed E-state index contributed by atoms with van der Waals surface area (Å²) in [6.07, 6.45) is 65.2. The number of unbranched alkanes of at least 4 members (excludes halogenated alkanes) is 33. The zero-order valence-electron chi connectivity index (χ0n) is 44.9. The summed E-state index contributed by atoms with van der Waals surface area (Å²) in [5, 5.41) is 13.9. The number of carbonyl (C=O) groups excluding carboxylic acids is 1. The number of nitrogens with zero attached hydrogens (tertiary/aromatic N) is 1. The fraction of sp³-hybridized carbons (Fsp3) is 0.845. The van der Waals surface area contributed by atoms with Crippen molar-refractivity contribution in [3.05, 3.63) is 48.6 Å². The number of hydrogen-bond acceptors (Lipinski definition) is 5. The highest BCUT2D eigenvalue weighted by Crippen LogP contribution is 2.43. The summed E-state index contributed by atoms with van der Waals surface area (Å²) < 4.78 is 23.6. The molecule has 0 aliphatic heterocycles. The van der Waals surface area contributed by atoms with E-state index in [2.05, 4.69) is 55.6 Å². The van der Waals surface area contributed by atoms with E-state index in [4.69, 9.17) is 9.05 Å². The van der Waals surface area contributed by atoms with Crippen LogP contribution in [-0.2, 0) is 18.4 Å². The van der Waals surface area contributed by atoms with Crippen molar-refractivity contribution in [2.75, 3.05) is 40.9 Å². The first-order valence-corrected chi connectivity index (χ1v) is 30.0. The number of hydrogen-bond donors (Lipinski definition) is 3. The minimum absolute atomic E-state index is 0.0512. The molecule has 1 amide bonds. The summed E-state index contributed by atoms with van der Waals surface area (Å²) in [5.41, 5.74) is 0. The van der Waals surface area contributed by atoms with Crippen LogP contribution in [0.5, 0.6) is 0 Å². The number of phosphoric ester groups is 1. The Morgan fingerprint density at radius 3 is 1.21 bits per heavy atom. The summed E-state index contributed by atoms with van der Waals surface area (Å²) >= 11 is 0. The minimum atomic E-state index is -4.36. The van der Waals surface area contributed by atoms with Gasteiger partial charge in [-0.25, -0.2) is 4.57 Å². The van der Waals surface area contributed by atoms with E-state index in [1.165, 1.54) is 186 Å². The number of rotatable bonds is 52. The summed E-state index contributed by atoms with van der Waals surface area (Å²) in [7, 11) is 1.54. The SMILES string of the molecule is CCCCCC/C=C\CCCCCCCC(=O)NC(COP(=O)(O)OCC[N+](C)(C)C)C(O)/C=C/CC/C=C/CC/C=C/CCCCCCCCCCCCCCCCCCCCCCCC. The number of carbonyl (C=O) groups is 1. The lowest BCUT2D eigenvalue weighted by Crippen LogP contribution is -2.45. The third-order valence-corrected chi connectivity index (χ3v) is 13.7. The maximum Gasteiger partial charge on any atom is 0.472 e. The van der Waals surface area contributed by atoms with Crippen molar-refractivity contribution < 1.29 is 32.9 Å². The topological polar surface area (TPSA) is 105 Å². The van der Waals surface area contributed by atoms with Gasteiger partial charge in [-0.3, -0.25) is 13.8 Å². The molecule has 8 nitrogen and oxygen atoms in total. The largest absolute Gasteiger partial charge is 0.472 e. The maximum absolute atomic E-state index is 12.9. The third-order valence-electron chi connectivity index (χ3n) is 12.7. The lowest BCUT2D eigenvalue weighted by atomic mass is 10.0. The fourth-order valence-electron chi connectivity index (χ4n) is 8.25. The van der Waals surface area contributed by atoms with Crippen LogP contribution in [0.4, 0.5) is 0 Å². The molecular weight excluding hydrogens is 852 g/mol. The lowest BCUT2D eigenvalue weighted by Gasteiger charge is -2.25. The molecule has 0 saturated carbocycles. The van der Waals surface area contributed by atoms with Gasteiger partial charge in [0.05, 0.1) is 39.9 Å². The third kappa shape index (κ3) is 52.1. The van der Waals surface area contributed by atoms with Crippen LogP contribution in [-0.4, -0.2) is 73.4 Å². The van der Waals surface area contributed by atoms with Crippen LogP contribution in [0.2, 0.25) is 0 Å². The molecule has 0 saturated heterocycles. The van der Waals surface area contributed by atoms with Crippen LogP contribution < -0.4 is 5.32 Å². The van der Waals surface area contributed by atoms with E-state index in [-0.39, 0.29) is 19.1 Å². The smallest absolute Gasteiger partial charge is 0.387 e. The van der Waals surface area contributed by atoms with Gasteiger partial charge in [-0.15, -0.1) is 0 Å². The number of aliphatic hydroxyl groups is 1. The Balaban J connectivity index is 4.16. The summed E-state index contributed by atoms with van der Waals surface area (Å²) in [4.78, 5) is 23.2. The number of allylic oxidation sites excluding steroid dienone is 7. The molecule has 0 aliphatic rings. The highest BCUT2D eigenvalue weighted by molar-refractivity contribution is 7.47. The molecule has 0 aromatic rings. The van der Waals surface area contributed by atoms with Crippen LogP contribution in [0.15, 0.2) is 48.6 Å². The second-order valence-corrected chi connectivity index (χ2v) is 22.1. The van der Waals surface area contributed by atoms with E-state index >= 15 is 0 Å². The van der Waals surface area contributed by atoms with Gasteiger partial charge in [0.25, 0.3) is 0 Å². The van der Waals surface area contributed by atoms with Gasteiger partial charge in [0, 0.05) is 6.42 Å². The van der Waals surface area contributed by atoms with E-state index in [1.807, 2.05) is 27.2 Å². The first kappa shape index (κ1) is 65.5. The molecule has 0 heterocycles. The molecule has 67 heavy (non-hydrogen) atoms. The molecule has 0 radical (unpaired) electrons. The average molecular weight is 965 g/mol. The van der Waals surface area contributed by atoms with E-state index in [0.717, 1.165) is 57.8 Å². The molecule has 0 spiro atoms. The average Bonchev–Trinajstić information content (AvgIpc) is 3.29. The molecule has 3 N–H and O–H groups in total. The van der Waals surface area contributed by atoms with Crippen LogP contribution in [0.25, 0.3) is 0 Å². The van der Waals surface area contributed by atoms with Crippen LogP contribution in [0, 0.1) is 0 Å². The van der Waals surface area contributed by atoms with E-state index in [9.17, 15) is 19.4 Å². The van der Waals surface area contributed by atoms with E-state index in [1.54, 1.807) is 6.08 Å². The van der Waals surface area contributed by atoms with Crippen LogP contribution in [0.3, 0.4) is 0 Å². The van der Waals surface area contributed by atoms with E-state index in [0.29, 0.717) is 17.4 Å². The lowest BCUT2D eigenvalue weighted by molar-refractivity contribution is -0.870. The standard InChI is InChI=1S/C58H111N2O6P/c1-6-8-10-12-14-16-18-20-21-22-23-24-25-26-27-28-29-30-31-32-33-34-35-36-37-38-40-41-43-45-47-49-51-57(61)56(55-66-67(63,64)65-54-53-60(3,4)5)59-58(62)52-50-48-46-44-42-39-19-17-15-13-11-9-7-2/h17,19,36-37,41,43,49,51,56-57,61H,6-16,18,20-35,38-40,42,44-48,50,52-55H2,1-5H3,(H-,59,62,63,64)/p+1/b19-17-,37-36+,43-41+,51-49+. The van der Waals surface area contributed by atoms with Gasteiger partial charge in [0.1, 0.15) is 13.2 Å². The first-order chi connectivity index (χ1) is 32.5. The van der Waals surface area contributed by atoms with Gasteiger partial charge in [-0.05, 0) is 70.6 Å². The Morgan fingerprint density at radius 1 is 0.493 bits per heavy atom. The predicted molar refractivity (Wildman–Crippen MR) is 291 cm³/mol. The predicted octanol–water partition coefficient (Wildman–Crippen LogP) is 17.2. The second-order valence-electron chi connectivity index (χ2n) is 20.6. The molecule has 394 valence electrons. The molecule has 0 fully saturated rings. The van der Waals surface area contributed by atoms with Crippen molar-refractivity contribution in [2.24, 2.45) is 0 Å². The van der Waals surface area contributed by atoms with Crippen LogP contribution >= 0.6 is 7.82 Å². The molecule has 0 aliphatic carbocycles. The van der Waals surface area contributed by atoms with Crippen molar-refractivity contribution in [1.29, 1.82) is 0 Å². The maximum atomic E-state index is 12.9. The highest BCUT2D eigenvalue weighted by atomic mass is 31.2. The van der Waals surface area contributed by atoms with Crippen molar-refractivity contribution in [1.82, 2.24) is 5.32 Å². The number of amides is 1. The summed E-state index contributed by atoms with van der Waals surface area (Å²) in [6.45, 7) is 4.78. The van der Waals surface area contributed by atoms with Crippen molar-refractivity contribution >= 4 is 13.7 Å². The van der Waals surface area contributed by atoms with Gasteiger partial charge in [0.2, 0.25) is 5.91 Å². The highest BCUT2D eigenvalue weighted by Gasteiger charge is 2.27. The second kappa shape index (κ2) is 49.4. The monoisotopic (exact) mass is 964 g/mol. The molecule has 0 aromatic carbocycles. The van der Waals surface area contributed by atoms with Crippen molar-refractivity contribution in [2.45, 2.75) is 276 Å². The number of quaternary nitrogens is 1. The van der Waals surface area contributed by atoms with Crippen molar-refractivity contribution in [3.63, 3.8) is 0 Å². The van der Waals surface area contributed by atoms with Gasteiger partial charge in [0.15, 0.2) is 0 Å². The van der Waals surface area contributed by atoms with Gasteiger partial charge in [-0.1, -0.05) is 236 Å². The first-order valence-electron chi connectivity index (χ1n) is 28.5. The number of likely N-dealkylation sites (N-methyl/N-ethyl adjacent to an activating group) is 1. The molecule has 3 atom stereocenters. The Labute approximate surface area is 416 Å². The van der Waals surface area contributed by atoms with E-state index < -0.39 is 20.0 Å². The molecule has 0 aromatic heterocycles. The zero-order chi connectivity index (χ0) is 49.2. The number of nitrogens with one attached hydrogen (secondary N) is 1. The normalized spacial score (nSPS) is 14.3. The number of phosphoric acid groups is 1. The Bertz CT molecular complexity index is 1230.